The quantitative estimate of drug-likeness (QED) is 0.176. The summed E-state index contributed by atoms with van der Waals surface area (Å²) in [6.07, 6.45) is 4.58. The Hall–Kier alpha value is -7.56. The Balaban J connectivity index is 0.915. The van der Waals surface area contributed by atoms with Crippen molar-refractivity contribution in [2.75, 3.05) is 0 Å². The van der Waals surface area contributed by atoms with Crippen LogP contribution in [0.2, 0.25) is 0 Å². The van der Waals surface area contributed by atoms with Gasteiger partial charge in [0.15, 0.2) is 0 Å². The molecule has 1 aliphatic heterocycles. The van der Waals surface area contributed by atoms with E-state index in [9.17, 15) is 0 Å². The lowest BCUT2D eigenvalue weighted by atomic mass is 9.85. The van der Waals surface area contributed by atoms with Gasteiger partial charge in [-0.15, -0.1) is 0 Å². The molecule has 0 amide bonds. The van der Waals surface area contributed by atoms with E-state index in [0.29, 0.717) is 0 Å². The molecule has 4 nitrogen and oxygen atoms in total. The van der Waals surface area contributed by atoms with E-state index < -0.39 is 0 Å². The normalized spacial score (nSPS) is 15.7. The first-order valence-corrected chi connectivity index (χ1v) is 20.1. The Morgan fingerprint density at radius 1 is 0.379 bits per heavy atom. The molecule has 8 aromatic carbocycles. The van der Waals surface area contributed by atoms with Crippen molar-refractivity contribution in [1.29, 1.82) is 0 Å². The Morgan fingerprint density at radius 3 is 1.66 bits per heavy atom. The van der Waals surface area contributed by atoms with Crippen molar-refractivity contribution < 1.29 is 4.74 Å². The van der Waals surface area contributed by atoms with Crippen molar-refractivity contribution in [1.82, 2.24) is 13.7 Å². The van der Waals surface area contributed by atoms with Crippen LogP contribution in [0.5, 0.6) is 5.75 Å². The number of hydrogen-bond acceptors (Lipinski definition) is 1. The van der Waals surface area contributed by atoms with Gasteiger partial charge >= 0.3 is 0 Å². The summed E-state index contributed by atoms with van der Waals surface area (Å²) in [5.41, 5.74) is 15.5. The highest BCUT2D eigenvalue weighted by atomic mass is 16.5. The van der Waals surface area contributed by atoms with E-state index >= 15 is 0 Å². The smallest absolute Gasteiger partial charge is 0.137 e. The molecule has 4 heterocycles. The van der Waals surface area contributed by atoms with Gasteiger partial charge in [-0.05, 0) is 96.1 Å². The van der Waals surface area contributed by atoms with Crippen LogP contribution in [0, 0.1) is 0 Å². The molecule has 272 valence electrons. The minimum Gasteiger partial charge on any atom is -0.484 e. The van der Waals surface area contributed by atoms with Crippen LogP contribution >= 0.6 is 0 Å². The number of benzene rings is 8. The van der Waals surface area contributed by atoms with E-state index in [4.69, 9.17) is 4.74 Å². The molecule has 0 spiro atoms. The summed E-state index contributed by atoms with van der Waals surface area (Å²) in [7, 11) is 0. The van der Waals surface area contributed by atoms with E-state index in [1.807, 2.05) is 0 Å². The third-order valence-electron chi connectivity index (χ3n) is 12.6. The molecule has 1 aliphatic carbocycles. The monoisotopic (exact) mass is 741 g/mol. The first kappa shape index (κ1) is 31.6. The molecule has 13 rings (SSSR count). The van der Waals surface area contributed by atoms with E-state index in [1.165, 1.54) is 82.5 Å². The summed E-state index contributed by atoms with van der Waals surface area (Å²) < 4.78 is 14.2. The third-order valence-corrected chi connectivity index (χ3v) is 12.6. The molecule has 2 unspecified atom stereocenters. The largest absolute Gasteiger partial charge is 0.484 e. The van der Waals surface area contributed by atoms with Crippen LogP contribution in [-0.4, -0.2) is 13.7 Å². The highest BCUT2D eigenvalue weighted by Crippen LogP contribution is 2.54. The molecule has 11 aromatic rings. The maximum atomic E-state index is 6.97. The van der Waals surface area contributed by atoms with Gasteiger partial charge in [-0.3, -0.25) is 0 Å². The van der Waals surface area contributed by atoms with Gasteiger partial charge in [0, 0.05) is 61.0 Å². The summed E-state index contributed by atoms with van der Waals surface area (Å²) >= 11 is 0. The minimum absolute atomic E-state index is 0.105. The van der Waals surface area contributed by atoms with E-state index in [0.717, 1.165) is 22.8 Å². The zero-order valence-electron chi connectivity index (χ0n) is 31.5. The van der Waals surface area contributed by atoms with E-state index in [2.05, 4.69) is 214 Å². The maximum absolute atomic E-state index is 6.97. The maximum Gasteiger partial charge on any atom is 0.137 e. The van der Waals surface area contributed by atoms with Gasteiger partial charge in [-0.2, -0.15) is 0 Å². The molecular formula is C54H35N3O. The van der Waals surface area contributed by atoms with E-state index in [1.54, 1.807) is 0 Å². The van der Waals surface area contributed by atoms with Gasteiger partial charge in [0.2, 0.25) is 0 Å². The van der Waals surface area contributed by atoms with Crippen molar-refractivity contribution in [3.05, 3.63) is 211 Å². The van der Waals surface area contributed by atoms with Gasteiger partial charge < -0.3 is 18.4 Å². The van der Waals surface area contributed by atoms with Gasteiger partial charge in [0.05, 0.1) is 33.3 Å². The third kappa shape index (κ3) is 4.40. The van der Waals surface area contributed by atoms with E-state index in [-0.39, 0.29) is 12.0 Å². The molecule has 3 aromatic heterocycles. The molecule has 0 saturated heterocycles. The average Bonchev–Trinajstić information content (AvgIpc) is 4.02. The molecule has 0 fully saturated rings. The number of aromatic nitrogens is 3. The zero-order chi connectivity index (χ0) is 37.9. The first-order valence-electron chi connectivity index (χ1n) is 20.1. The fourth-order valence-electron chi connectivity index (χ4n) is 10.1. The molecule has 4 heteroatoms. The summed E-state index contributed by atoms with van der Waals surface area (Å²) in [6, 6.07) is 68.2. The van der Waals surface area contributed by atoms with Crippen molar-refractivity contribution in [2.24, 2.45) is 0 Å². The number of nitrogens with zero attached hydrogens (tertiary/aromatic N) is 3. The first-order chi connectivity index (χ1) is 28.8. The number of hydrogen-bond donors (Lipinski definition) is 0. The Kier molecular flexibility index (Phi) is 6.53. The van der Waals surface area contributed by atoms with Gasteiger partial charge in [0.1, 0.15) is 11.9 Å². The summed E-state index contributed by atoms with van der Waals surface area (Å²) in [5, 5.41) is 6.25. The zero-order valence-corrected chi connectivity index (χ0v) is 31.5. The van der Waals surface area contributed by atoms with Crippen molar-refractivity contribution in [2.45, 2.75) is 12.0 Å². The number of ether oxygens (including phenoxy) is 1. The van der Waals surface area contributed by atoms with Gasteiger partial charge in [0.25, 0.3) is 0 Å². The second-order valence-electron chi connectivity index (χ2n) is 15.6. The summed E-state index contributed by atoms with van der Waals surface area (Å²) in [4.78, 5) is 0. The lowest BCUT2D eigenvalue weighted by Gasteiger charge is -2.22. The molecule has 58 heavy (non-hydrogen) atoms. The van der Waals surface area contributed by atoms with Crippen LogP contribution in [0.1, 0.15) is 28.8 Å². The second-order valence-corrected chi connectivity index (χ2v) is 15.6. The van der Waals surface area contributed by atoms with Gasteiger partial charge in [-0.25, -0.2) is 0 Å². The highest BCUT2D eigenvalue weighted by molar-refractivity contribution is 6.11. The van der Waals surface area contributed by atoms with Crippen molar-refractivity contribution in [3.8, 4) is 33.9 Å². The number of fused-ring (bicyclic) bond motifs is 13. The SMILES string of the molecule is C1=CC2c3cc(-c4cccc(-n5c6ccccc6c6ccccc65)c4)ccc3OC2c2c1n(-c1ccc3c(c1)c1ccccc1n3-c1ccccc1)c1ccccc21. The number of rotatable bonds is 4. The summed E-state index contributed by atoms with van der Waals surface area (Å²) in [6.45, 7) is 0. The molecule has 0 radical (unpaired) electrons. The molecule has 0 N–H and O–H groups in total. The molecule has 0 saturated carbocycles. The predicted molar refractivity (Wildman–Crippen MR) is 239 cm³/mol. The second kappa shape index (κ2) is 12.0. The lowest BCUT2D eigenvalue weighted by molar-refractivity contribution is 0.224. The fourth-order valence-corrected chi connectivity index (χ4v) is 10.1. The summed E-state index contributed by atoms with van der Waals surface area (Å²) in [5.74, 6) is 1.07. The topological polar surface area (TPSA) is 24.0 Å². The van der Waals surface area contributed by atoms with Gasteiger partial charge in [-0.1, -0.05) is 115 Å². The van der Waals surface area contributed by atoms with Crippen LogP contribution in [0.25, 0.3) is 88.8 Å². The Bertz CT molecular complexity index is 3450. The molecule has 2 atom stereocenters. The van der Waals surface area contributed by atoms with Crippen LogP contribution in [0.4, 0.5) is 0 Å². The Morgan fingerprint density at radius 2 is 0.931 bits per heavy atom. The lowest BCUT2D eigenvalue weighted by Crippen LogP contribution is -2.13. The highest BCUT2D eigenvalue weighted by Gasteiger charge is 2.40. The average molecular weight is 742 g/mol. The van der Waals surface area contributed by atoms with Crippen LogP contribution in [0.3, 0.4) is 0 Å². The molecular weight excluding hydrogens is 707 g/mol. The molecule has 2 aliphatic rings. The van der Waals surface area contributed by atoms with Crippen LogP contribution in [0.15, 0.2) is 194 Å². The fraction of sp³-hybridized carbons (Fsp3) is 0.0370. The number of para-hydroxylation sites is 5. The van der Waals surface area contributed by atoms with Crippen molar-refractivity contribution >= 4 is 60.6 Å². The van der Waals surface area contributed by atoms with Crippen molar-refractivity contribution in [3.63, 3.8) is 0 Å². The predicted octanol–water partition coefficient (Wildman–Crippen LogP) is 13.7. The van der Waals surface area contributed by atoms with Crippen LogP contribution < -0.4 is 4.74 Å². The Labute approximate surface area is 334 Å². The molecule has 0 bridgehead atoms. The standard InChI is InChI=1S/C54H35N3O/c1-2-14-36(15-3-1)55-48-23-10-6-19-41(48)44-33-38(26-28-50(44)55)57-49-24-11-7-20-43(49)53-51(57)29-27-42-45-32-35(25-30-52(45)58-54(42)53)34-13-12-16-37(31-34)56-46-21-8-4-17-39(46)40-18-5-9-22-47(40)56/h1-33,42,54H. The van der Waals surface area contributed by atoms with Crippen LogP contribution in [-0.2, 0) is 0 Å². The minimum atomic E-state index is -0.121.